The van der Waals surface area contributed by atoms with Crippen LogP contribution in [0.5, 0.6) is 0 Å². The SMILES string of the molecule is CC(c1ccccc1)N(C)C(=O)COC(=O)c1ccccc1C(=O)c1ccc(Cl)cc1. The predicted molar refractivity (Wildman–Crippen MR) is 119 cm³/mol. The molecule has 0 aliphatic carbocycles. The Balaban J connectivity index is 1.69. The van der Waals surface area contributed by atoms with Crippen LogP contribution in [-0.2, 0) is 9.53 Å². The van der Waals surface area contributed by atoms with Crippen LogP contribution in [0.2, 0.25) is 5.02 Å². The van der Waals surface area contributed by atoms with Gasteiger partial charge in [-0.3, -0.25) is 9.59 Å². The van der Waals surface area contributed by atoms with Gasteiger partial charge in [0.05, 0.1) is 11.6 Å². The van der Waals surface area contributed by atoms with Crippen molar-refractivity contribution in [3.63, 3.8) is 0 Å². The quantitative estimate of drug-likeness (QED) is 0.389. The molecule has 6 heteroatoms. The smallest absolute Gasteiger partial charge is 0.339 e. The average molecular weight is 436 g/mol. The minimum absolute atomic E-state index is 0.106. The minimum Gasteiger partial charge on any atom is -0.452 e. The van der Waals surface area contributed by atoms with Gasteiger partial charge in [0.2, 0.25) is 0 Å². The molecule has 0 saturated carbocycles. The number of esters is 1. The lowest BCUT2D eigenvalue weighted by atomic mass is 9.98. The fourth-order valence-corrected chi connectivity index (χ4v) is 3.22. The van der Waals surface area contributed by atoms with Crippen molar-refractivity contribution in [1.82, 2.24) is 4.90 Å². The summed E-state index contributed by atoms with van der Waals surface area (Å²) in [5.74, 6) is -1.40. The van der Waals surface area contributed by atoms with Crippen LogP contribution in [0.25, 0.3) is 0 Å². The first kappa shape index (κ1) is 22.2. The van der Waals surface area contributed by atoms with E-state index >= 15 is 0 Å². The van der Waals surface area contributed by atoms with Crippen molar-refractivity contribution < 1.29 is 19.1 Å². The Morgan fingerprint density at radius 1 is 0.871 bits per heavy atom. The number of hydrogen-bond acceptors (Lipinski definition) is 4. The molecule has 0 heterocycles. The van der Waals surface area contributed by atoms with Gasteiger partial charge in [0.1, 0.15) is 0 Å². The van der Waals surface area contributed by atoms with Gasteiger partial charge in [-0.05, 0) is 42.8 Å². The topological polar surface area (TPSA) is 63.7 Å². The van der Waals surface area contributed by atoms with Crippen molar-refractivity contribution in [2.75, 3.05) is 13.7 Å². The molecule has 3 aromatic carbocycles. The highest BCUT2D eigenvalue weighted by atomic mass is 35.5. The summed E-state index contributed by atoms with van der Waals surface area (Å²) in [5, 5.41) is 0.511. The number of hydrogen-bond donors (Lipinski definition) is 0. The zero-order valence-corrected chi connectivity index (χ0v) is 18.0. The van der Waals surface area contributed by atoms with E-state index in [2.05, 4.69) is 0 Å². The molecule has 0 aliphatic heterocycles. The van der Waals surface area contributed by atoms with Gasteiger partial charge in [-0.15, -0.1) is 0 Å². The van der Waals surface area contributed by atoms with Gasteiger partial charge < -0.3 is 9.64 Å². The van der Waals surface area contributed by atoms with Crippen molar-refractivity contribution in [1.29, 1.82) is 0 Å². The van der Waals surface area contributed by atoms with Gasteiger partial charge in [0, 0.05) is 23.2 Å². The van der Waals surface area contributed by atoms with E-state index in [4.69, 9.17) is 16.3 Å². The van der Waals surface area contributed by atoms with Gasteiger partial charge in [0.15, 0.2) is 12.4 Å². The lowest BCUT2D eigenvalue weighted by Crippen LogP contribution is -2.33. The first-order valence-electron chi connectivity index (χ1n) is 9.75. The highest BCUT2D eigenvalue weighted by Gasteiger charge is 2.22. The molecule has 1 atom stereocenters. The summed E-state index contributed by atoms with van der Waals surface area (Å²) in [7, 11) is 1.66. The second-order valence-corrected chi connectivity index (χ2v) is 7.49. The number of benzene rings is 3. The summed E-state index contributed by atoms with van der Waals surface area (Å²) >= 11 is 5.88. The molecule has 0 bridgehead atoms. The second kappa shape index (κ2) is 10.0. The lowest BCUT2D eigenvalue weighted by Gasteiger charge is -2.25. The van der Waals surface area contributed by atoms with E-state index in [1.165, 1.54) is 11.0 Å². The molecule has 1 unspecified atom stereocenters. The van der Waals surface area contributed by atoms with Gasteiger partial charge in [-0.25, -0.2) is 4.79 Å². The van der Waals surface area contributed by atoms with Gasteiger partial charge >= 0.3 is 5.97 Å². The fraction of sp³-hybridized carbons (Fsp3) is 0.160. The molecule has 0 saturated heterocycles. The monoisotopic (exact) mass is 435 g/mol. The van der Waals surface area contributed by atoms with E-state index in [9.17, 15) is 14.4 Å². The highest BCUT2D eigenvalue weighted by Crippen LogP contribution is 2.20. The van der Waals surface area contributed by atoms with Gasteiger partial charge in [0.25, 0.3) is 5.91 Å². The molecule has 0 fully saturated rings. The van der Waals surface area contributed by atoms with Gasteiger partial charge in [-0.1, -0.05) is 60.1 Å². The molecular formula is C25H22ClNO4. The van der Waals surface area contributed by atoms with Crippen LogP contribution in [0, 0.1) is 0 Å². The number of rotatable bonds is 7. The molecule has 1 amide bonds. The Morgan fingerprint density at radius 3 is 2.10 bits per heavy atom. The molecule has 0 spiro atoms. The number of halogens is 1. The van der Waals surface area contributed by atoms with Gasteiger partial charge in [-0.2, -0.15) is 0 Å². The van der Waals surface area contributed by atoms with E-state index in [-0.39, 0.29) is 28.9 Å². The Morgan fingerprint density at radius 2 is 1.45 bits per heavy atom. The van der Waals surface area contributed by atoms with Crippen LogP contribution < -0.4 is 0 Å². The first-order chi connectivity index (χ1) is 14.9. The third-order valence-corrected chi connectivity index (χ3v) is 5.33. The van der Waals surface area contributed by atoms with Crippen molar-refractivity contribution in [2.24, 2.45) is 0 Å². The summed E-state index contributed by atoms with van der Waals surface area (Å²) in [6.45, 7) is 1.48. The van der Waals surface area contributed by atoms with E-state index < -0.39 is 12.6 Å². The third kappa shape index (κ3) is 5.38. The molecule has 0 radical (unpaired) electrons. The summed E-state index contributed by atoms with van der Waals surface area (Å²) in [6, 6.07) is 22.2. The van der Waals surface area contributed by atoms with Crippen molar-refractivity contribution in [2.45, 2.75) is 13.0 Å². The summed E-state index contributed by atoms with van der Waals surface area (Å²) in [5.41, 5.74) is 1.68. The van der Waals surface area contributed by atoms with E-state index in [0.717, 1.165) is 5.56 Å². The maximum Gasteiger partial charge on any atom is 0.339 e. The highest BCUT2D eigenvalue weighted by molar-refractivity contribution is 6.30. The fourth-order valence-electron chi connectivity index (χ4n) is 3.09. The normalized spacial score (nSPS) is 11.5. The second-order valence-electron chi connectivity index (χ2n) is 7.05. The predicted octanol–water partition coefficient (Wildman–Crippen LogP) is 4.95. The molecule has 31 heavy (non-hydrogen) atoms. The Labute approximate surface area is 186 Å². The van der Waals surface area contributed by atoms with E-state index in [0.29, 0.717) is 10.6 Å². The van der Waals surface area contributed by atoms with Crippen LogP contribution in [0.4, 0.5) is 0 Å². The molecule has 0 N–H and O–H groups in total. The van der Waals surface area contributed by atoms with E-state index in [1.54, 1.807) is 49.5 Å². The Hall–Kier alpha value is -3.44. The Bertz CT molecular complexity index is 1080. The summed E-state index contributed by atoms with van der Waals surface area (Å²) < 4.78 is 5.24. The van der Waals surface area contributed by atoms with Crippen LogP contribution in [0.1, 0.15) is 44.8 Å². The lowest BCUT2D eigenvalue weighted by molar-refractivity contribution is -0.135. The van der Waals surface area contributed by atoms with Crippen molar-refractivity contribution >= 4 is 29.3 Å². The standard InChI is InChI=1S/C25H22ClNO4/c1-17(18-8-4-3-5-9-18)27(2)23(28)16-31-25(30)22-11-7-6-10-21(22)24(29)19-12-14-20(26)15-13-19/h3-15,17H,16H2,1-2H3. The maximum atomic E-state index is 12.8. The molecular weight excluding hydrogens is 414 g/mol. The number of carbonyl (C=O) groups excluding carboxylic acids is 3. The molecule has 158 valence electrons. The first-order valence-corrected chi connectivity index (χ1v) is 10.1. The van der Waals surface area contributed by atoms with Crippen LogP contribution in [-0.4, -0.2) is 36.2 Å². The number of amides is 1. The number of likely N-dealkylation sites (N-methyl/N-ethyl adjacent to an activating group) is 1. The van der Waals surface area contributed by atoms with E-state index in [1.807, 2.05) is 37.3 Å². The molecule has 5 nitrogen and oxygen atoms in total. The minimum atomic E-state index is -0.730. The summed E-state index contributed by atoms with van der Waals surface area (Å²) in [4.78, 5) is 39.6. The third-order valence-electron chi connectivity index (χ3n) is 5.08. The molecule has 0 aromatic heterocycles. The zero-order valence-electron chi connectivity index (χ0n) is 17.2. The van der Waals surface area contributed by atoms with Crippen LogP contribution in [0.15, 0.2) is 78.9 Å². The number of carbonyl (C=O) groups is 3. The number of nitrogens with zero attached hydrogens (tertiary/aromatic N) is 1. The van der Waals surface area contributed by atoms with Crippen molar-refractivity contribution in [3.8, 4) is 0 Å². The number of ketones is 1. The largest absolute Gasteiger partial charge is 0.452 e. The molecule has 3 aromatic rings. The van der Waals surface area contributed by atoms with Crippen LogP contribution >= 0.6 is 11.6 Å². The molecule has 3 rings (SSSR count). The Kier molecular flexibility index (Phi) is 7.21. The summed E-state index contributed by atoms with van der Waals surface area (Å²) in [6.07, 6.45) is 0. The average Bonchev–Trinajstić information content (AvgIpc) is 2.82. The maximum absolute atomic E-state index is 12.8. The molecule has 0 aliphatic rings. The zero-order chi connectivity index (χ0) is 22.4. The number of ether oxygens (including phenoxy) is 1. The van der Waals surface area contributed by atoms with Crippen molar-refractivity contribution in [3.05, 3.63) is 106 Å². The van der Waals surface area contributed by atoms with Crippen LogP contribution in [0.3, 0.4) is 0 Å².